The van der Waals surface area contributed by atoms with Gasteiger partial charge < -0.3 is 9.15 Å². The molecule has 2 aromatic rings. The van der Waals surface area contributed by atoms with Crippen molar-refractivity contribution in [2.45, 2.75) is 32.6 Å². The van der Waals surface area contributed by atoms with Gasteiger partial charge in [0.05, 0.1) is 5.75 Å². The van der Waals surface area contributed by atoms with Crippen LogP contribution in [0.1, 0.15) is 26.7 Å². The molecule has 0 N–H and O–H groups in total. The van der Waals surface area contributed by atoms with E-state index in [1.54, 1.807) is 0 Å². The van der Waals surface area contributed by atoms with Crippen LogP contribution in [0.25, 0.3) is 0 Å². The van der Waals surface area contributed by atoms with Gasteiger partial charge in [0, 0.05) is 5.41 Å². The zero-order valence-corrected chi connectivity index (χ0v) is 13.1. The number of benzene rings is 1. The van der Waals surface area contributed by atoms with E-state index in [2.05, 4.69) is 10.2 Å². The molecule has 5 nitrogen and oxygen atoms in total. The van der Waals surface area contributed by atoms with E-state index in [1.807, 2.05) is 51.1 Å². The Balaban J connectivity index is 1.83. The van der Waals surface area contributed by atoms with Crippen LogP contribution >= 0.6 is 11.8 Å². The number of Topliss-reactive ketones (excluding diaryl/α,β-unsaturated/α-hetero) is 1. The van der Waals surface area contributed by atoms with Crippen molar-refractivity contribution in [3.63, 3.8) is 0 Å². The van der Waals surface area contributed by atoms with Gasteiger partial charge in [0.1, 0.15) is 11.5 Å². The molecule has 0 amide bonds. The number of para-hydroxylation sites is 1. The predicted molar refractivity (Wildman–Crippen MR) is 80.3 cm³/mol. The molecule has 2 rings (SSSR count). The number of carbonyl (C=O) groups excluding carboxylic acids is 1. The van der Waals surface area contributed by atoms with Crippen LogP contribution in [0.3, 0.4) is 0 Å². The SMILES string of the molecule is CC(C)(C)C(=O)CSc1nnc(COc2ccccc2)o1. The molecule has 1 aromatic heterocycles. The van der Waals surface area contributed by atoms with Crippen LogP contribution in [0.2, 0.25) is 0 Å². The number of thioether (sulfide) groups is 1. The normalized spacial score (nSPS) is 11.4. The molecule has 0 bridgehead atoms. The van der Waals surface area contributed by atoms with Crippen molar-refractivity contribution < 1.29 is 13.9 Å². The van der Waals surface area contributed by atoms with Gasteiger partial charge in [0.15, 0.2) is 6.61 Å². The van der Waals surface area contributed by atoms with Gasteiger partial charge in [-0.3, -0.25) is 4.79 Å². The zero-order valence-electron chi connectivity index (χ0n) is 12.3. The quantitative estimate of drug-likeness (QED) is 0.762. The Bertz CT molecular complexity index is 590. The number of nitrogens with zero attached hydrogens (tertiary/aromatic N) is 2. The van der Waals surface area contributed by atoms with Crippen molar-refractivity contribution in [3.05, 3.63) is 36.2 Å². The number of rotatable bonds is 6. The topological polar surface area (TPSA) is 65.2 Å². The number of ether oxygens (including phenoxy) is 1. The summed E-state index contributed by atoms with van der Waals surface area (Å²) in [6.45, 7) is 5.89. The average Bonchev–Trinajstić information content (AvgIpc) is 2.90. The highest BCUT2D eigenvalue weighted by Gasteiger charge is 2.22. The van der Waals surface area contributed by atoms with Crippen molar-refractivity contribution in [3.8, 4) is 5.75 Å². The molecular formula is C15H18N2O3S. The first-order valence-electron chi connectivity index (χ1n) is 6.61. The summed E-state index contributed by atoms with van der Waals surface area (Å²) in [5.41, 5.74) is -0.355. The molecule has 6 heteroatoms. The predicted octanol–water partition coefficient (Wildman–Crippen LogP) is 3.36. The molecule has 0 fully saturated rings. The molecular weight excluding hydrogens is 288 g/mol. The number of carbonyl (C=O) groups is 1. The van der Waals surface area contributed by atoms with Gasteiger partial charge in [0.2, 0.25) is 0 Å². The zero-order chi connectivity index (χ0) is 15.3. The van der Waals surface area contributed by atoms with Crippen molar-refractivity contribution in [2.75, 3.05) is 5.75 Å². The molecule has 1 aromatic carbocycles. The fraction of sp³-hybridized carbons (Fsp3) is 0.400. The molecule has 21 heavy (non-hydrogen) atoms. The summed E-state index contributed by atoms with van der Waals surface area (Å²) in [7, 11) is 0. The molecule has 0 saturated carbocycles. The Morgan fingerprint density at radius 1 is 1.24 bits per heavy atom. The lowest BCUT2D eigenvalue weighted by atomic mass is 9.92. The van der Waals surface area contributed by atoms with Crippen LogP contribution in [-0.2, 0) is 11.4 Å². The van der Waals surface area contributed by atoms with Crippen LogP contribution in [-0.4, -0.2) is 21.7 Å². The van der Waals surface area contributed by atoms with Gasteiger partial charge in [0.25, 0.3) is 11.1 Å². The van der Waals surface area contributed by atoms with Gasteiger partial charge in [-0.1, -0.05) is 50.7 Å². The second-order valence-electron chi connectivity index (χ2n) is 5.53. The minimum Gasteiger partial charge on any atom is -0.484 e. The van der Waals surface area contributed by atoms with Crippen LogP contribution in [0.15, 0.2) is 40.0 Å². The first-order chi connectivity index (χ1) is 9.95. The van der Waals surface area contributed by atoms with Crippen LogP contribution in [0.4, 0.5) is 0 Å². The second kappa shape index (κ2) is 6.76. The summed E-state index contributed by atoms with van der Waals surface area (Å²) in [6, 6.07) is 9.41. The maximum atomic E-state index is 11.8. The fourth-order valence-corrected chi connectivity index (χ4v) is 2.30. The molecule has 1 heterocycles. The van der Waals surface area contributed by atoms with E-state index in [-0.39, 0.29) is 17.8 Å². The van der Waals surface area contributed by atoms with E-state index < -0.39 is 0 Å². The number of aromatic nitrogens is 2. The molecule has 0 saturated heterocycles. The van der Waals surface area contributed by atoms with E-state index in [4.69, 9.17) is 9.15 Å². The third kappa shape index (κ3) is 4.90. The number of ketones is 1. The van der Waals surface area contributed by atoms with Gasteiger partial charge in [-0.25, -0.2) is 0 Å². The minimum absolute atomic E-state index is 0.146. The highest BCUT2D eigenvalue weighted by molar-refractivity contribution is 7.99. The summed E-state index contributed by atoms with van der Waals surface area (Å²) >= 11 is 1.25. The lowest BCUT2D eigenvalue weighted by Crippen LogP contribution is -2.21. The van der Waals surface area contributed by atoms with Gasteiger partial charge in [-0.15, -0.1) is 10.2 Å². The number of hydrogen-bond donors (Lipinski definition) is 0. The van der Waals surface area contributed by atoms with Crippen LogP contribution in [0, 0.1) is 5.41 Å². The fourth-order valence-electron chi connectivity index (χ4n) is 1.36. The van der Waals surface area contributed by atoms with Crippen molar-refractivity contribution in [2.24, 2.45) is 5.41 Å². The highest BCUT2D eigenvalue weighted by atomic mass is 32.2. The van der Waals surface area contributed by atoms with E-state index in [0.717, 1.165) is 5.75 Å². The summed E-state index contributed by atoms with van der Waals surface area (Å²) in [5.74, 6) is 1.61. The Kier molecular flexibility index (Phi) is 5.01. The maximum absolute atomic E-state index is 11.8. The molecule has 0 aliphatic heterocycles. The first-order valence-corrected chi connectivity index (χ1v) is 7.60. The van der Waals surface area contributed by atoms with Crippen molar-refractivity contribution in [1.82, 2.24) is 10.2 Å². The van der Waals surface area contributed by atoms with Crippen molar-refractivity contribution >= 4 is 17.5 Å². The Morgan fingerprint density at radius 2 is 1.95 bits per heavy atom. The highest BCUT2D eigenvalue weighted by Crippen LogP contribution is 2.22. The second-order valence-corrected chi connectivity index (χ2v) is 6.45. The lowest BCUT2D eigenvalue weighted by Gasteiger charge is -2.14. The van der Waals surface area contributed by atoms with Gasteiger partial charge in [-0.2, -0.15) is 0 Å². The van der Waals surface area contributed by atoms with E-state index in [0.29, 0.717) is 16.9 Å². The Labute approximate surface area is 128 Å². The maximum Gasteiger partial charge on any atom is 0.277 e. The minimum atomic E-state index is -0.355. The Hall–Kier alpha value is -1.82. The molecule has 112 valence electrons. The molecule has 0 aliphatic carbocycles. The smallest absolute Gasteiger partial charge is 0.277 e. The van der Waals surface area contributed by atoms with Crippen LogP contribution < -0.4 is 4.74 Å². The third-order valence-corrected chi connectivity index (χ3v) is 3.54. The molecule has 0 unspecified atom stereocenters. The average molecular weight is 306 g/mol. The molecule has 0 atom stereocenters. The van der Waals surface area contributed by atoms with E-state index >= 15 is 0 Å². The molecule has 0 aliphatic rings. The van der Waals surface area contributed by atoms with Crippen molar-refractivity contribution in [1.29, 1.82) is 0 Å². The standard InChI is InChI=1S/C15H18N2O3S/c1-15(2,3)12(18)10-21-14-17-16-13(20-14)9-19-11-7-5-4-6-8-11/h4-8H,9-10H2,1-3H3. The van der Waals surface area contributed by atoms with Gasteiger partial charge >= 0.3 is 0 Å². The number of hydrogen-bond acceptors (Lipinski definition) is 6. The van der Waals surface area contributed by atoms with E-state index in [1.165, 1.54) is 11.8 Å². The summed E-state index contributed by atoms with van der Waals surface area (Å²) in [4.78, 5) is 11.8. The largest absolute Gasteiger partial charge is 0.484 e. The summed E-state index contributed by atoms with van der Waals surface area (Å²) in [6.07, 6.45) is 0. The summed E-state index contributed by atoms with van der Waals surface area (Å²) < 4.78 is 10.9. The van der Waals surface area contributed by atoms with Gasteiger partial charge in [-0.05, 0) is 12.1 Å². The van der Waals surface area contributed by atoms with Crippen LogP contribution in [0.5, 0.6) is 5.75 Å². The lowest BCUT2D eigenvalue weighted by molar-refractivity contribution is -0.123. The summed E-state index contributed by atoms with van der Waals surface area (Å²) in [5, 5.41) is 8.18. The first kappa shape index (κ1) is 15.6. The molecule has 0 radical (unpaired) electrons. The Morgan fingerprint density at radius 3 is 2.62 bits per heavy atom. The molecule has 0 spiro atoms. The third-order valence-electron chi connectivity index (χ3n) is 2.72. The van der Waals surface area contributed by atoms with E-state index in [9.17, 15) is 4.79 Å². The monoisotopic (exact) mass is 306 g/mol.